The van der Waals surface area contributed by atoms with Gasteiger partial charge in [0.1, 0.15) is 11.9 Å². The molecule has 2 aromatic carbocycles. The molecule has 0 saturated carbocycles. The number of carbonyl (C=O) groups excluding carboxylic acids is 2. The maximum Gasteiger partial charge on any atom is 0.308 e. The van der Waals surface area contributed by atoms with E-state index in [1.165, 1.54) is 11.0 Å². The third-order valence-corrected chi connectivity index (χ3v) is 9.26. The van der Waals surface area contributed by atoms with E-state index in [1.54, 1.807) is 26.0 Å². The maximum absolute atomic E-state index is 16.0. The third kappa shape index (κ3) is 8.13. The van der Waals surface area contributed by atoms with Gasteiger partial charge in [0.2, 0.25) is 5.91 Å². The molecule has 1 aliphatic rings. The molecule has 0 bridgehead atoms. The Morgan fingerprint density at radius 1 is 0.978 bits per heavy atom. The Morgan fingerprint density at radius 3 is 2.30 bits per heavy atom. The SMILES string of the molecule is CCOC(=O)C[C@H](NC(=O)C(CC(C)C)n1cc(CCN2CCC2)c(C)cc1=O)c1cc(-c2c(C)ccc(C)c2C)cc(C)c1F. The van der Waals surface area contributed by atoms with Gasteiger partial charge in [-0.15, -0.1) is 0 Å². The van der Waals surface area contributed by atoms with E-state index in [0.29, 0.717) is 12.0 Å². The smallest absolute Gasteiger partial charge is 0.308 e. The Balaban J connectivity index is 1.76. The number of hydrogen-bond donors (Lipinski definition) is 1. The number of likely N-dealkylation sites (tertiary alicyclic amines) is 1. The van der Waals surface area contributed by atoms with Gasteiger partial charge in [-0.2, -0.15) is 0 Å². The topological polar surface area (TPSA) is 80.6 Å². The number of benzene rings is 2. The summed E-state index contributed by atoms with van der Waals surface area (Å²) in [5, 5.41) is 3.00. The average Bonchev–Trinajstić information content (AvgIpc) is 2.95. The van der Waals surface area contributed by atoms with Crippen LogP contribution in [0.15, 0.2) is 41.3 Å². The molecule has 46 heavy (non-hydrogen) atoms. The number of ether oxygens (including phenoxy) is 1. The van der Waals surface area contributed by atoms with Crippen LogP contribution in [0.4, 0.5) is 4.39 Å². The molecule has 4 rings (SSSR count). The molecule has 1 aromatic heterocycles. The Morgan fingerprint density at radius 2 is 1.67 bits per heavy atom. The summed E-state index contributed by atoms with van der Waals surface area (Å²) in [6, 6.07) is 7.42. The summed E-state index contributed by atoms with van der Waals surface area (Å²) >= 11 is 0. The number of aromatic nitrogens is 1. The highest BCUT2D eigenvalue weighted by molar-refractivity contribution is 5.82. The summed E-state index contributed by atoms with van der Waals surface area (Å²) in [5.74, 6) is -1.37. The van der Waals surface area contributed by atoms with Crippen LogP contribution >= 0.6 is 0 Å². The van der Waals surface area contributed by atoms with Crippen molar-refractivity contribution in [3.05, 3.63) is 91.6 Å². The van der Waals surface area contributed by atoms with Gasteiger partial charge in [0.15, 0.2) is 0 Å². The third-order valence-electron chi connectivity index (χ3n) is 9.26. The van der Waals surface area contributed by atoms with Gasteiger partial charge in [-0.3, -0.25) is 14.4 Å². The van der Waals surface area contributed by atoms with Gasteiger partial charge in [-0.05, 0) is 136 Å². The second-order valence-corrected chi connectivity index (χ2v) is 13.3. The van der Waals surface area contributed by atoms with E-state index < -0.39 is 29.8 Å². The van der Waals surface area contributed by atoms with Crippen LogP contribution in [0.1, 0.15) is 91.1 Å². The van der Waals surface area contributed by atoms with Crippen molar-refractivity contribution in [1.29, 1.82) is 0 Å². The zero-order chi connectivity index (χ0) is 33.7. The maximum atomic E-state index is 16.0. The van der Waals surface area contributed by atoms with Crippen molar-refractivity contribution in [2.75, 3.05) is 26.2 Å². The first-order valence-corrected chi connectivity index (χ1v) is 16.6. The van der Waals surface area contributed by atoms with Crippen molar-refractivity contribution >= 4 is 11.9 Å². The van der Waals surface area contributed by atoms with Crippen LogP contribution in [0.5, 0.6) is 0 Å². The minimum absolute atomic E-state index is 0.0894. The number of nitrogens with one attached hydrogen (secondary N) is 1. The fraction of sp³-hybridized carbons (Fsp3) is 0.500. The predicted octanol–water partition coefficient (Wildman–Crippen LogP) is 6.84. The summed E-state index contributed by atoms with van der Waals surface area (Å²) < 4.78 is 22.8. The van der Waals surface area contributed by atoms with E-state index >= 15 is 4.39 Å². The number of carbonyl (C=O) groups is 2. The monoisotopic (exact) mass is 631 g/mol. The lowest BCUT2D eigenvalue weighted by Gasteiger charge is -2.31. The van der Waals surface area contributed by atoms with Crippen LogP contribution in [0.3, 0.4) is 0 Å². The lowest BCUT2D eigenvalue weighted by molar-refractivity contribution is -0.144. The summed E-state index contributed by atoms with van der Waals surface area (Å²) in [6.45, 7) is 18.7. The van der Waals surface area contributed by atoms with E-state index in [9.17, 15) is 14.4 Å². The second-order valence-electron chi connectivity index (χ2n) is 13.3. The Bertz CT molecular complexity index is 1640. The zero-order valence-electron chi connectivity index (χ0n) is 28.8. The van der Waals surface area contributed by atoms with Gasteiger partial charge in [0, 0.05) is 24.4 Å². The molecule has 1 N–H and O–H groups in total. The molecule has 0 aliphatic carbocycles. The molecular formula is C38H50FN3O4. The van der Waals surface area contributed by atoms with Gasteiger partial charge < -0.3 is 19.5 Å². The lowest BCUT2D eigenvalue weighted by atomic mass is 9.89. The summed E-state index contributed by atoms with van der Waals surface area (Å²) in [7, 11) is 0. The first kappa shape index (κ1) is 35.1. The Hall–Kier alpha value is -3.78. The number of rotatable bonds is 13. The van der Waals surface area contributed by atoms with Crippen LogP contribution in [-0.4, -0.2) is 47.6 Å². The van der Waals surface area contributed by atoms with Crippen LogP contribution < -0.4 is 10.9 Å². The zero-order valence-corrected chi connectivity index (χ0v) is 28.8. The number of halogens is 1. The van der Waals surface area contributed by atoms with E-state index in [4.69, 9.17) is 4.74 Å². The van der Waals surface area contributed by atoms with Gasteiger partial charge in [0.25, 0.3) is 5.56 Å². The van der Waals surface area contributed by atoms with Crippen molar-refractivity contribution in [3.63, 3.8) is 0 Å². The molecule has 0 spiro atoms. The highest BCUT2D eigenvalue weighted by Gasteiger charge is 2.30. The number of esters is 1. The van der Waals surface area contributed by atoms with Crippen molar-refractivity contribution in [2.24, 2.45) is 5.92 Å². The molecule has 3 aromatic rings. The lowest BCUT2D eigenvalue weighted by Crippen LogP contribution is -2.41. The molecular weight excluding hydrogens is 581 g/mol. The van der Waals surface area contributed by atoms with Crippen LogP contribution in [0.2, 0.25) is 0 Å². The quantitative estimate of drug-likeness (QED) is 0.209. The molecule has 8 heteroatoms. The van der Waals surface area contributed by atoms with Crippen molar-refractivity contribution in [3.8, 4) is 11.1 Å². The van der Waals surface area contributed by atoms with Crippen molar-refractivity contribution in [2.45, 2.75) is 93.2 Å². The molecule has 1 fully saturated rings. The molecule has 1 aliphatic heterocycles. The predicted molar refractivity (Wildman–Crippen MR) is 182 cm³/mol. The highest BCUT2D eigenvalue weighted by Crippen LogP contribution is 2.35. The minimum atomic E-state index is -1.00. The molecule has 1 amide bonds. The second kappa shape index (κ2) is 15.2. The van der Waals surface area contributed by atoms with E-state index in [-0.39, 0.29) is 30.1 Å². The van der Waals surface area contributed by atoms with Gasteiger partial charge in [-0.1, -0.05) is 26.0 Å². The fourth-order valence-corrected chi connectivity index (χ4v) is 6.35. The number of aryl methyl sites for hydroxylation is 4. The first-order chi connectivity index (χ1) is 21.8. The summed E-state index contributed by atoms with van der Waals surface area (Å²) in [6.07, 6.45) is 3.95. The van der Waals surface area contributed by atoms with Gasteiger partial charge in [0.05, 0.1) is 19.1 Å². The number of nitrogens with zero attached hydrogens (tertiary/aromatic N) is 2. The molecule has 1 unspecified atom stereocenters. The van der Waals surface area contributed by atoms with E-state index in [1.807, 2.05) is 59.9 Å². The summed E-state index contributed by atoms with van der Waals surface area (Å²) in [5.41, 5.74) is 7.36. The molecule has 1 saturated heterocycles. The number of amides is 1. The normalized spacial score (nSPS) is 14.6. The molecule has 7 nitrogen and oxygen atoms in total. The minimum Gasteiger partial charge on any atom is -0.466 e. The van der Waals surface area contributed by atoms with Crippen LogP contribution in [-0.2, 0) is 20.7 Å². The van der Waals surface area contributed by atoms with Crippen molar-refractivity contribution < 1.29 is 18.7 Å². The Labute approximate surface area is 273 Å². The summed E-state index contributed by atoms with van der Waals surface area (Å²) in [4.78, 5) is 42.8. The molecule has 0 radical (unpaired) electrons. The molecule has 2 atom stereocenters. The Kier molecular flexibility index (Phi) is 11.6. The molecule has 248 valence electrons. The van der Waals surface area contributed by atoms with Gasteiger partial charge >= 0.3 is 5.97 Å². The fourth-order valence-electron chi connectivity index (χ4n) is 6.35. The number of pyridine rings is 1. The van der Waals surface area contributed by atoms with Crippen molar-refractivity contribution in [1.82, 2.24) is 14.8 Å². The van der Waals surface area contributed by atoms with E-state index in [2.05, 4.69) is 16.3 Å². The highest BCUT2D eigenvalue weighted by atomic mass is 19.1. The van der Waals surface area contributed by atoms with Crippen LogP contribution in [0.25, 0.3) is 11.1 Å². The van der Waals surface area contributed by atoms with E-state index in [0.717, 1.165) is 65.0 Å². The van der Waals surface area contributed by atoms with Crippen LogP contribution in [0, 0.1) is 46.4 Å². The molecule has 2 heterocycles. The first-order valence-electron chi connectivity index (χ1n) is 16.6. The standard InChI is InChI=1S/C38H50FN3O4/c1-9-46-35(44)21-32(31-20-30(18-27(7)37(31)39)36-25(5)12-11-24(4)28(36)8)40-38(45)33(17-23(2)3)42-22-29(26(6)19-34(42)43)13-16-41-14-10-15-41/h11-12,18-20,22-23,32-33H,9-10,13-17,21H2,1-8H3,(H,40,45)/t32-,33?/m0/s1. The largest absolute Gasteiger partial charge is 0.466 e. The average molecular weight is 632 g/mol. The van der Waals surface area contributed by atoms with Gasteiger partial charge in [-0.25, -0.2) is 4.39 Å². The number of hydrogen-bond acceptors (Lipinski definition) is 5.